The molecule has 152 valence electrons. The fraction of sp³-hybridized carbons (Fsp3) is 0.571. The Hall–Kier alpha value is -2.41. The largest absolute Gasteiger partial charge is 0.375 e. The summed E-state index contributed by atoms with van der Waals surface area (Å²) < 4.78 is 4.96. The summed E-state index contributed by atoms with van der Waals surface area (Å²) in [6.07, 6.45) is 2.41. The lowest BCUT2D eigenvalue weighted by Crippen LogP contribution is -2.49. The Morgan fingerprint density at radius 1 is 1.18 bits per heavy atom. The summed E-state index contributed by atoms with van der Waals surface area (Å²) in [6, 6.07) is 8.99. The third-order valence-electron chi connectivity index (χ3n) is 5.99. The first-order chi connectivity index (χ1) is 13.5. The van der Waals surface area contributed by atoms with Crippen LogP contribution in [-0.4, -0.2) is 66.9 Å². The number of nitrogens with zero attached hydrogens (tertiary/aromatic N) is 2. The summed E-state index contributed by atoms with van der Waals surface area (Å²) in [5, 5.41) is 0. The Kier molecular flexibility index (Phi) is 6.67. The number of piperidine rings is 1. The number of nitrogens with two attached hydrogens (primary N) is 1. The van der Waals surface area contributed by atoms with E-state index >= 15 is 0 Å². The number of ether oxygens (including phenoxy) is 1. The minimum atomic E-state index is -0.638. The molecular weight excluding hydrogens is 358 g/mol. The fourth-order valence-electron chi connectivity index (χ4n) is 4.42. The van der Waals surface area contributed by atoms with Crippen molar-refractivity contribution in [3.63, 3.8) is 0 Å². The van der Waals surface area contributed by atoms with E-state index < -0.39 is 11.9 Å². The normalized spacial score (nSPS) is 23.7. The van der Waals surface area contributed by atoms with Crippen molar-refractivity contribution in [2.24, 2.45) is 17.6 Å². The number of hydrogen-bond donors (Lipinski definition) is 1. The van der Waals surface area contributed by atoms with E-state index in [1.807, 2.05) is 35.2 Å². The van der Waals surface area contributed by atoms with Gasteiger partial charge in [0.05, 0.1) is 0 Å². The predicted octanol–water partition coefficient (Wildman–Crippen LogP) is 0.817. The predicted molar refractivity (Wildman–Crippen MR) is 104 cm³/mol. The molecule has 2 fully saturated rings. The number of methoxy groups -OCH3 is 1. The summed E-state index contributed by atoms with van der Waals surface area (Å²) in [5.74, 6) is 0.0125. The van der Waals surface area contributed by atoms with Crippen LogP contribution in [0, 0.1) is 11.8 Å². The molecule has 1 aromatic carbocycles. The van der Waals surface area contributed by atoms with Gasteiger partial charge >= 0.3 is 0 Å². The molecule has 3 rings (SSSR count). The molecule has 3 atom stereocenters. The lowest BCUT2D eigenvalue weighted by molar-refractivity contribution is -0.140. The number of benzene rings is 1. The summed E-state index contributed by atoms with van der Waals surface area (Å²) in [7, 11) is 1.52. The van der Waals surface area contributed by atoms with Gasteiger partial charge < -0.3 is 20.3 Å². The molecular formula is C21H29N3O4. The van der Waals surface area contributed by atoms with Crippen molar-refractivity contribution in [2.75, 3.05) is 33.4 Å². The zero-order valence-corrected chi connectivity index (χ0v) is 16.4. The Balaban J connectivity index is 1.70. The van der Waals surface area contributed by atoms with Crippen LogP contribution in [0.4, 0.5) is 0 Å². The highest BCUT2D eigenvalue weighted by molar-refractivity contribution is 5.87. The Morgan fingerprint density at radius 3 is 2.57 bits per heavy atom. The molecule has 0 aliphatic carbocycles. The van der Waals surface area contributed by atoms with Gasteiger partial charge in [0.25, 0.3) is 0 Å². The van der Waals surface area contributed by atoms with Crippen LogP contribution in [0.3, 0.4) is 0 Å². The highest BCUT2D eigenvalue weighted by Gasteiger charge is 2.39. The maximum absolute atomic E-state index is 12.9. The van der Waals surface area contributed by atoms with E-state index in [4.69, 9.17) is 10.5 Å². The number of rotatable bonds is 6. The van der Waals surface area contributed by atoms with Gasteiger partial charge in [0.1, 0.15) is 12.6 Å². The highest BCUT2D eigenvalue weighted by atomic mass is 16.5. The van der Waals surface area contributed by atoms with Gasteiger partial charge in [-0.05, 0) is 30.2 Å². The second-order valence-corrected chi connectivity index (χ2v) is 7.77. The zero-order valence-electron chi connectivity index (χ0n) is 16.4. The van der Waals surface area contributed by atoms with Crippen LogP contribution < -0.4 is 5.73 Å². The first kappa shape index (κ1) is 20.3. The lowest BCUT2D eigenvalue weighted by atomic mass is 9.82. The summed E-state index contributed by atoms with van der Waals surface area (Å²) in [4.78, 5) is 40.7. The summed E-state index contributed by atoms with van der Waals surface area (Å²) in [5.41, 5.74) is 6.65. The van der Waals surface area contributed by atoms with Crippen LogP contribution >= 0.6 is 0 Å². The van der Waals surface area contributed by atoms with E-state index in [1.54, 1.807) is 4.90 Å². The average molecular weight is 387 g/mol. The van der Waals surface area contributed by atoms with E-state index in [0.29, 0.717) is 32.5 Å². The molecule has 0 radical (unpaired) electrons. The van der Waals surface area contributed by atoms with Crippen LogP contribution in [0.2, 0.25) is 0 Å². The summed E-state index contributed by atoms with van der Waals surface area (Å²) in [6.45, 7) is 1.88. The molecule has 2 aliphatic rings. The third kappa shape index (κ3) is 4.70. The van der Waals surface area contributed by atoms with Gasteiger partial charge in [0.2, 0.25) is 17.7 Å². The van der Waals surface area contributed by atoms with Crippen LogP contribution in [0.15, 0.2) is 30.3 Å². The van der Waals surface area contributed by atoms with E-state index in [0.717, 1.165) is 18.4 Å². The fourth-order valence-corrected chi connectivity index (χ4v) is 4.42. The lowest BCUT2D eigenvalue weighted by Gasteiger charge is -2.37. The molecule has 0 spiro atoms. The number of primary amides is 1. The van der Waals surface area contributed by atoms with Crippen LogP contribution in [0.5, 0.6) is 0 Å². The highest BCUT2D eigenvalue weighted by Crippen LogP contribution is 2.33. The van der Waals surface area contributed by atoms with Gasteiger partial charge in [-0.2, -0.15) is 0 Å². The van der Waals surface area contributed by atoms with Crippen molar-refractivity contribution in [2.45, 2.75) is 31.7 Å². The zero-order chi connectivity index (χ0) is 20.1. The minimum Gasteiger partial charge on any atom is -0.375 e. The molecule has 7 nitrogen and oxygen atoms in total. The third-order valence-corrected chi connectivity index (χ3v) is 5.99. The molecule has 3 unspecified atom stereocenters. The number of carbonyl (C=O) groups excluding carboxylic acids is 3. The first-order valence-corrected chi connectivity index (χ1v) is 9.89. The molecule has 2 saturated heterocycles. The number of amides is 3. The molecule has 0 aromatic heterocycles. The van der Waals surface area contributed by atoms with Crippen molar-refractivity contribution in [1.29, 1.82) is 0 Å². The smallest absolute Gasteiger partial charge is 0.248 e. The number of likely N-dealkylation sites (tertiary alicyclic amines) is 2. The van der Waals surface area contributed by atoms with Crippen molar-refractivity contribution in [1.82, 2.24) is 9.80 Å². The van der Waals surface area contributed by atoms with Crippen molar-refractivity contribution in [3.8, 4) is 0 Å². The second-order valence-electron chi connectivity index (χ2n) is 7.77. The van der Waals surface area contributed by atoms with Gasteiger partial charge in [-0.25, -0.2) is 0 Å². The van der Waals surface area contributed by atoms with Crippen LogP contribution in [0.25, 0.3) is 0 Å². The maximum atomic E-state index is 12.9. The molecule has 2 N–H and O–H groups in total. The van der Waals surface area contributed by atoms with Crippen molar-refractivity contribution >= 4 is 17.7 Å². The standard InChI is InChI=1S/C21H29N3O4/c1-28-14-20(26)23-9-7-16-12-19(25)24(10-8-17(16)13-23)18(21(22)27)11-15-5-3-2-4-6-15/h2-6,16-18H,7-14H2,1H3,(H2,22,27). The Morgan fingerprint density at radius 2 is 1.89 bits per heavy atom. The SMILES string of the molecule is COCC(=O)N1CCC2CC(=O)N(C(Cc3ccccc3)C(N)=O)CCC2C1. The minimum absolute atomic E-state index is 0.00697. The maximum Gasteiger partial charge on any atom is 0.248 e. The number of fused-ring (bicyclic) bond motifs is 1. The van der Waals surface area contributed by atoms with Crippen molar-refractivity contribution in [3.05, 3.63) is 35.9 Å². The first-order valence-electron chi connectivity index (χ1n) is 9.89. The molecule has 7 heteroatoms. The van der Waals surface area contributed by atoms with E-state index in [9.17, 15) is 14.4 Å². The van der Waals surface area contributed by atoms with E-state index in [-0.39, 0.29) is 30.3 Å². The Bertz CT molecular complexity index is 709. The number of carbonyl (C=O) groups is 3. The van der Waals surface area contributed by atoms with Gasteiger partial charge in [-0.3, -0.25) is 14.4 Å². The molecule has 2 aliphatic heterocycles. The molecule has 28 heavy (non-hydrogen) atoms. The van der Waals surface area contributed by atoms with E-state index in [1.165, 1.54) is 7.11 Å². The van der Waals surface area contributed by atoms with Gasteiger partial charge in [0.15, 0.2) is 0 Å². The monoisotopic (exact) mass is 387 g/mol. The molecule has 0 saturated carbocycles. The number of hydrogen-bond acceptors (Lipinski definition) is 4. The quantitative estimate of drug-likeness (QED) is 0.782. The summed E-state index contributed by atoms with van der Waals surface area (Å²) >= 11 is 0. The molecule has 3 amide bonds. The van der Waals surface area contributed by atoms with Gasteiger partial charge in [0, 0.05) is 39.6 Å². The van der Waals surface area contributed by atoms with Crippen LogP contribution in [0.1, 0.15) is 24.8 Å². The topological polar surface area (TPSA) is 92.9 Å². The molecule has 1 aromatic rings. The molecule has 2 heterocycles. The van der Waals surface area contributed by atoms with E-state index in [2.05, 4.69) is 0 Å². The second kappa shape index (κ2) is 9.19. The van der Waals surface area contributed by atoms with Gasteiger partial charge in [-0.1, -0.05) is 30.3 Å². The molecule has 0 bridgehead atoms. The van der Waals surface area contributed by atoms with Gasteiger partial charge in [-0.15, -0.1) is 0 Å². The van der Waals surface area contributed by atoms with Crippen molar-refractivity contribution < 1.29 is 19.1 Å². The average Bonchev–Trinajstić information content (AvgIpc) is 2.84. The Labute approximate surface area is 165 Å². The van der Waals surface area contributed by atoms with Crippen LogP contribution in [-0.2, 0) is 25.5 Å².